The lowest BCUT2D eigenvalue weighted by atomic mass is 9.38. The normalized spacial score (nSPS) is 42.8. The quantitative estimate of drug-likeness (QED) is 0.563. The highest BCUT2D eigenvalue weighted by Crippen LogP contribution is 2.54. The lowest BCUT2D eigenvalue weighted by molar-refractivity contribution is 0.325. The fraction of sp³-hybridized carbons (Fsp3) is 1.00. The molecule has 2 aliphatic carbocycles. The molecule has 2 fully saturated rings. The summed E-state index contributed by atoms with van der Waals surface area (Å²) < 4.78 is 0. The standard InChI is InChI=1S/C11H19B2/c1-11(12,13-2)10-7-6-8-4-3-5-9(8)10/h8-10H,3-7H2,1-2H3. The molecule has 0 heterocycles. The van der Waals surface area contributed by atoms with Gasteiger partial charge in [0.15, 0.2) is 0 Å². The summed E-state index contributed by atoms with van der Waals surface area (Å²) in [7, 11) is 8.53. The van der Waals surface area contributed by atoms with Gasteiger partial charge in [0.1, 0.15) is 7.28 Å². The van der Waals surface area contributed by atoms with Crippen molar-refractivity contribution in [3.05, 3.63) is 0 Å². The van der Waals surface area contributed by atoms with Crippen molar-refractivity contribution in [2.45, 2.75) is 51.1 Å². The Morgan fingerprint density at radius 1 is 1.23 bits per heavy atom. The second-order valence-electron chi connectivity index (χ2n) is 5.19. The zero-order valence-corrected chi connectivity index (χ0v) is 8.92. The van der Waals surface area contributed by atoms with Gasteiger partial charge in [0.25, 0.3) is 0 Å². The maximum Gasteiger partial charge on any atom is 0.103 e. The summed E-state index contributed by atoms with van der Waals surface area (Å²) in [5.74, 6) is 2.74. The van der Waals surface area contributed by atoms with Crippen LogP contribution in [0.25, 0.3) is 0 Å². The van der Waals surface area contributed by atoms with Crippen LogP contribution in [0.3, 0.4) is 0 Å². The molecule has 2 rings (SSSR count). The summed E-state index contributed by atoms with van der Waals surface area (Å²) >= 11 is 0. The number of hydrogen-bond acceptors (Lipinski definition) is 0. The van der Waals surface area contributed by atoms with Gasteiger partial charge in [-0.3, -0.25) is 0 Å². The van der Waals surface area contributed by atoms with E-state index in [0.717, 1.165) is 17.8 Å². The maximum absolute atomic E-state index is 6.32. The Morgan fingerprint density at radius 3 is 2.69 bits per heavy atom. The van der Waals surface area contributed by atoms with Gasteiger partial charge in [-0.05, 0) is 30.6 Å². The van der Waals surface area contributed by atoms with Crippen LogP contribution in [-0.4, -0.2) is 15.1 Å². The average Bonchev–Trinajstić information content (AvgIpc) is 2.62. The van der Waals surface area contributed by atoms with Crippen LogP contribution in [0.2, 0.25) is 12.0 Å². The molecule has 0 amide bonds. The fourth-order valence-electron chi connectivity index (χ4n) is 3.55. The van der Waals surface area contributed by atoms with Crippen LogP contribution in [0.1, 0.15) is 39.0 Å². The van der Waals surface area contributed by atoms with Crippen LogP contribution in [0.5, 0.6) is 0 Å². The highest BCUT2D eigenvalue weighted by atomic mass is 14.5. The number of rotatable bonds is 2. The van der Waals surface area contributed by atoms with Crippen molar-refractivity contribution >= 4 is 15.1 Å². The Hall–Kier alpha value is 0.130. The predicted molar refractivity (Wildman–Crippen MR) is 59.3 cm³/mol. The van der Waals surface area contributed by atoms with Gasteiger partial charge in [-0.15, -0.1) is 0 Å². The summed E-state index contributed by atoms with van der Waals surface area (Å²) in [5.41, 5.74) is 0. The molecule has 0 N–H and O–H groups in total. The Kier molecular flexibility index (Phi) is 2.50. The Balaban J connectivity index is 2.08. The van der Waals surface area contributed by atoms with Gasteiger partial charge < -0.3 is 0 Å². The molecule has 4 unspecified atom stereocenters. The second kappa shape index (κ2) is 3.37. The van der Waals surface area contributed by atoms with Gasteiger partial charge in [0.05, 0.1) is 7.85 Å². The Bertz CT molecular complexity index is 189. The van der Waals surface area contributed by atoms with Crippen molar-refractivity contribution in [2.24, 2.45) is 17.8 Å². The van der Waals surface area contributed by atoms with Gasteiger partial charge >= 0.3 is 0 Å². The van der Waals surface area contributed by atoms with Crippen molar-refractivity contribution in [3.8, 4) is 0 Å². The predicted octanol–water partition coefficient (Wildman–Crippen LogP) is 2.87. The molecular weight excluding hydrogens is 154 g/mol. The van der Waals surface area contributed by atoms with Crippen molar-refractivity contribution in [3.63, 3.8) is 0 Å². The largest absolute Gasteiger partial charge is 0.103 e. The van der Waals surface area contributed by atoms with Gasteiger partial charge in [0, 0.05) is 0 Å². The van der Waals surface area contributed by atoms with E-state index in [2.05, 4.69) is 21.0 Å². The molecule has 13 heavy (non-hydrogen) atoms. The molecule has 0 spiro atoms. The van der Waals surface area contributed by atoms with Gasteiger partial charge in [0.2, 0.25) is 0 Å². The van der Waals surface area contributed by atoms with Gasteiger partial charge in [-0.1, -0.05) is 38.2 Å². The third-order valence-electron chi connectivity index (χ3n) is 4.50. The lowest BCUT2D eigenvalue weighted by Gasteiger charge is -2.35. The molecule has 2 aliphatic rings. The smallest absolute Gasteiger partial charge is 0.0922 e. The van der Waals surface area contributed by atoms with Crippen LogP contribution < -0.4 is 0 Å². The number of hydrogen-bond donors (Lipinski definition) is 0. The summed E-state index contributed by atoms with van der Waals surface area (Å²) in [5, 5.41) is -0.0102. The highest BCUT2D eigenvalue weighted by Gasteiger charge is 2.44. The molecule has 2 saturated carbocycles. The minimum Gasteiger partial charge on any atom is -0.0922 e. The van der Waals surface area contributed by atoms with E-state index in [1.54, 1.807) is 0 Å². The van der Waals surface area contributed by atoms with Crippen molar-refractivity contribution < 1.29 is 0 Å². The number of fused-ring (bicyclic) bond motifs is 1. The minimum atomic E-state index is -0.0102. The van der Waals surface area contributed by atoms with Crippen LogP contribution in [0.4, 0.5) is 0 Å². The molecule has 0 aromatic heterocycles. The lowest BCUT2D eigenvalue weighted by Crippen LogP contribution is -2.28. The summed E-state index contributed by atoms with van der Waals surface area (Å²) in [6, 6.07) is 0. The topological polar surface area (TPSA) is 0 Å². The first-order valence-electron chi connectivity index (χ1n) is 5.74. The zero-order valence-electron chi connectivity index (χ0n) is 8.92. The van der Waals surface area contributed by atoms with E-state index in [-0.39, 0.29) is 5.21 Å². The van der Waals surface area contributed by atoms with Crippen molar-refractivity contribution in [2.75, 3.05) is 0 Å². The molecular formula is C11H19B2. The first kappa shape index (κ1) is 9.68. The molecule has 3 radical (unpaired) electrons. The fourth-order valence-corrected chi connectivity index (χ4v) is 3.55. The molecule has 69 valence electrons. The molecule has 0 saturated heterocycles. The van der Waals surface area contributed by atoms with E-state index in [9.17, 15) is 0 Å². The third-order valence-corrected chi connectivity index (χ3v) is 4.50. The van der Waals surface area contributed by atoms with E-state index < -0.39 is 0 Å². The van der Waals surface area contributed by atoms with E-state index in [0.29, 0.717) is 0 Å². The van der Waals surface area contributed by atoms with Gasteiger partial charge in [-0.2, -0.15) is 0 Å². The van der Waals surface area contributed by atoms with Gasteiger partial charge in [-0.25, -0.2) is 0 Å². The zero-order chi connectivity index (χ0) is 9.47. The third kappa shape index (κ3) is 1.57. The highest BCUT2D eigenvalue weighted by molar-refractivity contribution is 6.52. The van der Waals surface area contributed by atoms with Crippen molar-refractivity contribution in [1.82, 2.24) is 0 Å². The monoisotopic (exact) mass is 173 g/mol. The second-order valence-corrected chi connectivity index (χ2v) is 5.19. The average molecular weight is 173 g/mol. The molecule has 0 aromatic rings. The molecule has 0 aliphatic heterocycles. The van der Waals surface area contributed by atoms with Crippen molar-refractivity contribution in [1.29, 1.82) is 0 Å². The van der Waals surface area contributed by atoms with Crippen LogP contribution in [0, 0.1) is 17.8 Å². The minimum absolute atomic E-state index is 0.0102. The van der Waals surface area contributed by atoms with Crippen LogP contribution in [0.15, 0.2) is 0 Å². The van der Waals surface area contributed by atoms with E-state index in [1.807, 2.05) is 0 Å². The van der Waals surface area contributed by atoms with Crippen LogP contribution in [-0.2, 0) is 0 Å². The first-order valence-corrected chi connectivity index (χ1v) is 5.74. The van der Waals surface area contributed by atoms with E-state index in [4.69, 9.17) is 7.85 Å². The SMILES string of the molecule is [B]C(C)([B]C)C1CCC2CCCC21. The maximum atomic E-state index is 6.32. The molecule has 2 heteroatoms. The molecule has 0 bridgehead atoms. The first-order chi connectivity index (χ1) is 6.15. The van der Waals surface area contributed by atoms with E-state index >= 15 is 0 Å². The summed E-state index contributed by atoms with van der Waals surface area (Å²) in [6.07, 6.45) is 7.17. The molecule has 0 nitrogen and oxygen atoms in total. The molecule has 4 atom stereocenters. The molecule has 0 aromatic carbocycles. The Morgan fingerprint density at radius 2 is 2.00 bits per heavy atom. The Labute approximate surface area is 84.5 Å². The van der Waals surface area contributed by atoms with E-state index in [1.165, 1.54) is 32.1 Å². The van der Waals surface area contributed by atoms with Crippen LogP contribution >= 0.6 is 0 Å². The summed E-state index contributed by atoms with van der Waals surface area (Å²) in [4.78, 5) is 0. The summed E-state index contributed by atoms with van der Waals surface area (Å²) in [6.45, 7) is 4.32.